The zero-order chi connectivity index (χ0) is 20.0. The molecule has 2 aliphatic rings. The van der Waals surface area contributed by atoms with E-state index in [1.54, 1.807) is 17.2 Å². The van der Waals surface area contributed by atoms with E-state index in [4.69, 9.17) is 4.74 Å². The molecule has 3 atom stereocenters. The van der Waals surface area contributed by atoms with Gasteiger partial charge in [0, 0.05) is 18.8 Å². The number of halogens is 1. The summed E-state index contributed by atoms with van der Waals surface area (Å²) in [6.45, 7) is 2.62. The molecule has 1 saturated carbocycles. The molecular formula is C21H20FN5O2. The van der Waals surface area contributed by atoms with E-state index in [1.807, 2.05) is 19.1 Å². The largest absolute Gasteiger partial charge is 0.472 e. The van der Waals surface area contributed by atoms with Gasteiger partial charge in [-0.25, -0.2) is 9.37 Å². The first-order chi connectivity index (χ1) is 14.1. The van der Waals surface area contributed by atoms with Crippen LogP contribution in [0.2, 0.25) is 0 Å². The number of amides is 1. The second kappa shape index (κ2) is 6.95. The van der Waals surface area contributed by atoms with Crippen LogP contribution in [0.25, 0.3) is 5.69 Å². The lowest BCUT2D eigenvalue weighted by atomic mass is 10.1. The van der Waals surface area contributed by atoms with Gasteiger partial charge in [-0.3, -0.25) is 4.79 Å². The van der Waals surface area contributed by atoms with E-state index >= 15 is 0 Å². The SMILES string of the molecule is Cc1ccc(OC2CC3CC2N(C(=O)c2cccc(F)c2-n2nccn2)C3)nc1. The normalized spacial score (nSPS) is 22.8. The van der Waals surface area contributed by atoms with Crippen molar-refractivity contribution in [1.29, 1.82) is 0 Å². The van der Waals surface area contributed by atoms with Crippen LogP contribution in [-0.2, 0) is 0 Å². The molecule has 1 aliphatic carbocycles. The maximum absolute atomic E-state index is 14.5. The van der Waals surface area contributed by atoms with Gasteiger partial charge in [-0.2, -0.15) is 10.2 Å². The Morgan fingerprint density at radius 2 is 2.00 bits per heavy atom. The highest BCUT2D eigenvalue weighted by molar-refractivity contribution is 5.98. The average molecular weight is 393 g/mol. The number of piperidine rings is 1. The third kappa shape index (κ3) is 3.14. The number of aryl methyl sites for hydroxylation is 1. The third-order valence-corrected chi connectivity index (χ3v) is 5.68. The van der Waals surface area contributed by atoms with Gasteiger partial charge in [0.2, 0.25) is 5.88 Å². The van der Waals surface area contributed by atoms with Gasteiger partial charge in [0.05, 0.1) is 24.0 Å². The number of carbonyl (C=O) groups excluding carboxylic acids is 1. The predicted molar refractivity (Wildman–Crippen MR) is 102 cm³/mol. The maximum atomic E-state index is 14.5. The minimum Gasteiger partial charge on any atom is -0.472 e. The minimum absolute atomic E-state index is 0.0581. The smallest absolute Gasteiger partial charge is 0.256 e. The molecule has 1 aliphatic heterocycles. The fourth-order valence-corrected chi connectivity index (χ4v) is 4.38. The molecule has 1 aromatic carbocycles. The van der Waals surface area contributed by atoms with Crippen molar-refractivity contribution in [2.45, 2.75) is 31.9 Å². The summed E-state index contributed by atoms with van der Waals surface area (Å²) in [6.07, 6.45) is 6.33. The summed E-state index contributed by atoms with van der Waals surface area (Å²) in [5.41, 5.74) is 1.39. The highest BCUT2D eigenvalue weighted by Gasteiger charge is 2.48. The first-order valence-corrected chi connectivity index (χ1v) is 9.65. The number of ether oxygens (including phenoxy) is 1. The van der Waals surface area contributed by atoms with Gasteiger partial charge in [-0.1, -0.05) is 12.1 Å². The summed E-state index contributed by atoms with van der Waals surface area (Å²) in [6, 6.07) is 8.20. The van der Waals surface area contributed by atoms with Crippen LogP contribution in [0.5, 0.6) is 5.88 Å². The number of para-hydroxylation sites is 1. The van der Waals surface area contributed by atoms with Crippen molar-refractivity contribution in [2.75, 3.05) is 6.54 Å². The van der Waals surface area contributed by atoms with Crippen molar-refractivity contribution >= 4 is 5.91 Å². The van der Waals surface area contributed by atoms with E-state index in [1.165, 1.54) is 24.5 Å². The Balaban J connectivity index is 1.41. The van der Waals surface area contributed by atoms with Gasteiger partial charge in [0.25, 0.3) is 5.91 Å². The molecule has 2 fully saturated rings. The molecule has 0 radical (unpaired) electrons. The number of fused-ring (bicyclic) bond motifs is 2. The Morgan fingerprint density at radius 3 is 2.72 bits per heavy atom. The van der Waals surface area contributed by atoms with Crippen LogP contribution in [0.4, 0.5) is 4.39 Å². The number of hydrogen-bond donors (Lipinski definition) is 0. The summed E-state index contributed by atoms with van der Waals surface area (Å²) in [7, 11) is 0. The Labute approximate surface area is 167 Å². The Hall–Kier alpha value is -3.29. The van der Waals surface area contributed by atoms with Crippen molar-refractivity contribution in [3.8, 4) is 11.6 Å². The molecule has 1 amide bonds. The molecule has 5 rings (SSSR count). The van der Waals surface area contributed by atoms with Crippen molar-refractivity contribution in [3.63, 3.8) is 0 Å². The maximum Gasteiger partial charge on any atom is 0.256 e. The molecule has 0 N–H and O–H groups in total. The summed E-state index contributed by atoms with van der Waals surface area (Å²) in [5, 5.41) is 8.01. The van der Waals surface area contributed by atoms with Crippen LogP contribution < -0.4 is 4.74 Å². The molecule has 148 valence electrons. The van der Waals surface area contributed by atoms with Crippen molar-refractivity contribution in [3.05, 3.63) is 65.9 Å². The van der Waals surface area contributed by atoms with Gasteiger partial charge >= 0.3 is 0 Å². The van der Waals surface area contributed by atoms with E-state index in [9.17, 15) is 9.18 Å². The highest BCUT2D eigenvalue weighted by atomic mass is 19.1. The second-order valence-corrected chi connectivity index (χ2v) is 7.65. The predicted octanol–water partition coefficient (Wildman–Crippen LogP) is 2.79. The number of benzene rings is 1. The van der Waals surface area contributed by atoms with Crippen molar-refractivity contribution < 1.29 is 13.9 Å². The summed E-state index contributed by atoms with van der Waals surface area (Å²) in [5.74, 6) is 0.175. The number of pyridine rings is 1. The highest BCUT2D eigenvalue weighted by Crippen LogP contribution is 2.40. The van der Waals surface area contributed by atoms with Gasteiger partial charge in [0.15, 0.2) is 5.82 Å². The van der Waals surface area contributed by atoms with Gasteiger partial charge in [-0.05, 0) is 43.4 Å². The second-order valence-electron chi connectivity index (χ2n) is 7.65. The Morgan fingerprint density at radius 1 is 1.17 bits per heavy atom. The first-order valence-electron chi connectivity index (χ1n) is 9.65. The van der Waals surface area contributed by atoms with Crippen LogP contribution in [0.3, 0.4) is 0 Å². The minimum atomic E-state index is -0.534. The molecule has 2 aromatic heterocycles. The van der Waals surface area contributed by atoms with Crippen molar-refractivity contribution in [2.24, 2.45) is 5.92 Å². The molecule has 0 spiro atoms. The first kappa shape index (κ1) is 17.8. The lowest BCUT2D eigenvalue weighted by molar-refractivity contribution is 0.0466. The Bertz CT molecular complexity index is 1040. The molecule has 29 heavy (non-hydrogen) atoms. The molecule has 3 aromatic rings. The average Bonchev–Trinajstić information content (AvgIpc) is 3.46. The fraction of sp³-hybridized carbons (Fsp3) is 0.333. The van der Waals surface area contributed by atoms with Crippen LogP contribution in [-0.4, -0.2) is 49.5 Å². The zero-order valence-electron chi connectivity index (χ0n) is 15.9. The quantitative estimate of drug-likeness (QED) is 0.682. The van der Waals surface area contributed by atoms with Gasteiger partial charge < -0.3 is 9.64 Å². The zero-order valence-corrected chi connectivity index (χ0v) is 15.9. The van der Waals surface area contributed by atoms with Crippen LogP contribution in [0.1, 0.15) is 28.8 Å². The molecule has 3 heterocycles. The number of nitrogens with zero attached hydrogens (tertiary/aromatic N) is 5. The summed E-state index contributed by atoms with van der Waals surface area (Å²) in [4.78, 5) is 20.6. The van der Waals surface area contributed by atoms with Crippen LogP contribution >= 0.6 is 0 Å². The van der Waals surface area contributed by atoms with Crippen LogP contribution in [0, 0.1) is 18.7 Å². The molecule has 2 bridgehead atoms. The van der Waals surface area contributed by atoms with Crippen LogP contribution in [0.15, 0.2) is 48.9 Å². The molecule has 3 unspecified atom stereocenters. The standard InChI is InChI=1S/C21H20FN5O2/c1-13-5-6-19(23-11-13)29-18-10-14-9-17(18)26(12-14)21(28)15-3-2-4-16(22)20(15)27-24-7-8-25-27/h2-8,11,14,17-18H,9-10,12H2,1H3. The molecule has 1 saturated heterocycles. The summed E-state index contributed by atoms with van der Waals surface area (Å²) < 4.78 is 20.6. The van der Waals surface area contributed by atoms with Crippen molar-refractivity contribution in [1.82, 2.24) is 24.9 Å². The number of rotatable bonds is 4. The molecule has 8 heteroatoms. The van der Waals surface area contributed by atoms with E-state index in [2.05, 4.69) is 15.2 Å². The van der Waals surface area contributed by atoms with E-state index in [0.717, 1.165) is 23.2 Å². The van der Waals surface area contributed by atoms with Gasteiger partial charge in [0.1, 0.15) is 11.8 Å². The topological polar surface area (TPSA) is 73.1 Å². The van der Waals surface area contributed by atoms with E-state index < -0.39 is 5.82 Å². The lowest BCUT2D eigenvalue weighted by Gasteiger charge is -2.33. The van der Waals surface area contributed by atoms with E-state index in [-0.39, 0.29) is 29.3 Å². The van der Waals surface area contributed by atoms with Gasteiger partial charge in [-0.15, -0.1) is 4.80 Å². The number of aromatic nitrogens is 4. The fourth-order valence-electron chi connectivity index (χ4n) is 4.38. The van der Waals surface area contributed by atoms with E-state index in [0.29, 0.717) is 18.3 Å². The monoisotopic (exact) mass is 393 g/mol. The Kier molecular flexibility index (Phi) is 4.26. The number of hydrogen-bond acceptors (Lipinski definition) is 5. The third-order valence-electron chi connectivity index (χ3n) is 5.68. The molecular weight excluding hydrogens is 373 g/mol. The summed E-state index contributed by atoms with van der Waals surface area (Å²) >= 11 is 0. The number of likely N-dealkylation sites (tertiary alicyclic amines) is 1. The lowest BCUT2D eigenvalue weighted by Crippen LogP contribution is -2.47. The molecule has 7 nitrogen and oxygen atoms in total. The number of carbonyl (C=O) groups is 1.